The number of hydrazone groups is 1. The Morgan fingerprint density at radius 1 is 1.19 bits per heavy atom. The first-order valence-corrected chi connectivity index (χ1v) is 10.6. The Morgan fingerprint density at radius 3 is 2.53 bits per heavy atom. The fraction of sp³-hybridized carbons (Fsp3) is 0.280. The maximum absolute atomic E-state index is 13.2. The van der Waals surface area contributed by atoms with E-state index in [2.05, 4.69) is 10.5 Å². The van der Waals surface area contributed by atoms with Crippen molar-refractivity contribution in [1.82, 2.24) is 9.99 Å². The molecule has 0 bridgehead atoms. The van der Waals surface area contributed by atoms with E-state index in [1.54, 1.807) is 42.6 Å². The molecule has 6 nitrogen and oxygen atoms in total. The van der Waals surface area contributed by atoms with E-state index in [4.69, 9.17) is 4.74 Å². The zero-order valence-electron chi connectivity index (χ0n) is 18.5. The molecule has 168 valence electrons. The molecule has 0 spiro atoms. The van der Waals surface area contributed by atoms with Gasteiger partial charge in [-0.05, 0) is 75.2 Å². The van der Waals surface area contributed by atoms with Gasteiger partial charge in [0.2, 0.25) is 5.91 Å². The lowest BCUT2D eigenvalue weighted by molar-refractivity contribution is -0.121. The van der Waals surface area contributed by atoms with E-state index >= 15 is 0 Å². The Kier molecular flexibility index (Phi) is 7.78. The summed E-state index contributed by atoms with van der Waals surface area (Å²) in [5.74, 6) is 0.182. The summed E-state index contributed by atoms with van der Waals surface area (Å²) in [4.78, 5) is 12.1. The summed E-state index contributed by atoms with van der Waals surface area (Å²) in [6.07, 6.45) is 1.27. The van der Waals surface area contributed by atoms with Crippen LogP contribution in [0.1, 0.15) is 48.4 Å². The van der Waals surface area contributed by atoms with Gasteiger partial charge in [-0.3, -0.25) is 4.79 Å². The first kappa shape index (κ1) is 23.2. The number of aliphatic hydroxyl groups is 1. The summed E-state index contributed by atoms with van der Waals surface area (Å²) in [5.41, 5.74) is 6.85. The van der Waals surface area contributed by atoms with Crippen LogP contribution in [0.2, 0.25) is 0 Å². The van der Waals surface area contributed by atoms with Gasteiger partial charge >= 0.3 is 0 Å². The van der Waals surface area contributed by atoms with Crippen LogP contribution in [0, 0.1) is 19.7 Å². The Morgan fingerprint density at radius 2 is 1.88 bits per heavy atom. The number of benzene rings is 2. The topological polar surface area (TPSA) is 75.8 Å². The number of nitrogens with one attached hydrogen (secondary N) is 1. The van der Waals surface area contributed by atoms with E-state index in [9.17, 15) is 14.3 Å². The summed E-state index contributed by atoms with van der Waals surface area (Å²) in [6.45, 7) is 6.38. The number of aliphatic hydroxyl groups excluding tert-OH is 1. The van der Waals surface area contributed by atoms with Crippen molar-refractivity contribution in [3.63, 3.8) is 0 Å². The third-order valence-electron chi connectivity index (χ3n) is 5.17. The molecule has 0 aliphatic rings. The van der Waals surface area contributed by atoms with Crippen LogP contribution in [-0.2, 0) is 4.79 Å². The minimum atomic E-state index is -0.741. The first-order valence-electron chi connectivity index (χ1n) is 10.6. The van der Waals surface area contributed by atoms with E-state index in [0.717, 1.165) is 34.0 Å². The van der Waals surface area contributed by atoms with Crippen molar-refractivity contribution < 1.29 is 19.0 Å². The predicted molar refractivity (Wildman–Crippen MR) is 123 cm³/mol. The Bertz CT molecular complexity index is 1070. The molecule has 7 heteroatoms. The average Bonchev–Trinajstić information content (AvgIpc) is 3.06. The van der Waals surface area contributed by atoms with Crippen LogP contribution in [-0.4, -0.2) is 28.4 Å². The molecule has 0 radical (unpaired) electrons. The average molecular weight is 438 g/mol. The first-order chi connectivity index (χ1) is 15.4. The van der Waals surface area contributed by atoms with Crippen molar-refractivity contribution in [3.05, 3.63) is 82.9 Å². The van der Waals surface area contributed by atoms with Crippen LogP contribution in [0.4, 0.5) is 4.39 Å². The van der Waals surface area contributed by atoms with Gasteiger partial charge in [-0.1, -0.05) is 12.1 Å². The van der Waals surface area contributed by atoms with Gasteiger partial charge in [0.15, 0.2) is 0 Å². The smallest absolute Gasteiger partial charge is 0.240 e. The maximum Gasteiger partial charge on any atom is 0.240 e. The molecule has 0 saturated heterocycles. The third-order valence-corrected chi connectivity index (χ3v) is 5.17. The number of carbonyl (C=O) groups excluding carboxylic acids is 1. The number of rotatable bonds is 9. The van der Waals surface area contributed by atoms with Crippen molar-refractivity contribution in [1.29, 1.82) is 0 Å². The van der Waals surface area contributed by atoms with Crippen molar-refractivity contribution in [2.75, 3.05) is 6.61 Å². The number of ether oxygens (including phenoxy) is 1. The number of carbonyl (C=O) groups is 1. The Labute approximate surface area is 187 Å². The van der Waals surface area contributed by atoms with Crippen LogP contribution in [0.25, 0.3) is 5.69 Å². The molecule has 3 aromatic rings. The number of amides is 1. The summed E-state index contributed by atoms with van der Waals surface area (Å²) < 4.78 is 20.6. The molecule has 1 aromatic heterocycles. The van der Waals surface area contributed by atoms with Crippen LogP contribution >= 0.6 is 0 Å². The molecule has 32 heavy (non-hydrogen) atoms. The number of aryl methyl sites for hydroxylation is 1. The molecule has 3 rings (SSSR count). The zero-order valence-corrected chi connectivity index (χ0v) is 18.5. The van der Waals surface area contributed by atoms with E-state index < -0.39 is 6.10 Å². The van der Waals surface area contributed by atoms with E-state index in [1.807, 2.05) is 31.4 Å². The quantitative estimate of drug-likeness (QED) is 0.380. The van der Waals surface area contributed by atoms with Crippen LogP contribution in [0.15, 0.2) is 59.7 Å². The fourth-order valence-electron chi connectivity index (χ4n) is 3.52. The third kappa shape index (κ3) is 5.82. The molecule has 0 fully saturated rings. The van der Waals surface area contributed by atoms with Gasteiger partial charge in [0.1, 0.15) is 11.6 Å². The van der Waals surface area contributed by atoms with E-state index in [0.29, 0.717) is 6.61 Å². The highest BCUT2D eigenvalue weighted by Gasteiger charge is 2.12. The highest BCUT2D eigenvalue weighted by molar-refractivity contribution is 5.84. The summed E-state index contributed by atoms with van der Waals surface area (Å²) >= 11 is 0. The SMILES string of the molecule is CCOc1ccc([C@@H](O)CCC(=O)N/N=C\c2cc(C)n(-c3ccc(F)cc3)c2C)cc1. The Hall–Kier alpha value is -3.45. The fourth-order valence-corrected chi connectivity index (χ4v) is 3.52. The van der Waals surface area contributed by atoms with Crippen molar-refractivity contribution in [2.45, 2.75) is 39.7 Å². The lowest BCUT2D eigenvalue weighted by Gasteiger charge is -2.11. The molecule has 2 aromatic carbocycles. The second kappa shape index (κ2) is 10.7. The van der Waals surface area contributed by atoms with Crippen LogP contribution < -0.4 is 10.2 Å². The lowest BCUT2D eigenvalue weighted by atomic mass is 10.0. The molecule has 0 unspecified atom stereocenters. The van der Waals surface area contributed by atoms with Gasteiger partial charge in [0.05, 0.1) is 18.9 Å². The molecule has 1 heterocycles. The number of aromatic nitrogens is 1. The standard InChI is InChI=1S/C25H28FN3O3/c1-4-32-23-11-5-19(6-12-23)24(30)13-14-25(31)28-27-16-20-15-17(2)29(18(20)3)22-9-7-21(26)8-10-22/h5-12,15-16,24,30H,4,13-14H2,1-3H3,(H,28,31)/b27-16-/t24-/m0/s1. The molecular formula is C25H28FN3O3. The monoisotopic (exact) mass is 437 g/mol. The van der Waals surface area contributed by atoms with Gasteiger partial charge in [0, 0.05) is 29.1 Å². The molecule has 0 aliphatic carbocycles. The van der Waals surface area contributed by atoms with E-state index in [-0.39, 0.29) is 24.6 Å². The number of halogens is 1. The number of hydrogen-bond donors (Lipinski definition) is 2. The predicted octanol–water partition coefficient (Wildman–Crippen LogP) is 4.60. The van der Waals surface area contributed by atoms with Gasteiger partial charge in [0.25, 0.3) is 0 Å². The highest BCUT2D eigenvalue weighted by Crippen LogP contribution is 2.22. The van der Waals surface area contributed by atoms with Crippen molar-refractivity contribution in [3.8, 4) is 11.4 Å². The van der Waals surface area contributed by atoms with Crippen molar-refractivity contribution >= 4 is 12.1 Å². The molecule has 1 amide bonds. The maximum atomic E-state index is 13.2. The summed E-state index contributed by atoms with van der Waals surface area (Å²) in [6, 6.07) is 15.4. The highest BCUT2D eigenvalue weighted by atomic mass is 19.1. The van der Waals surface area contributed by atoms with Gasteiger partial charge in [-0.25, -0.2) is 9.82 Å². The summed E-state index contributed by atoms with van der Waals surface area (Å²) in [7, 11) is 0. The van der Waals surface area contributed by atoms with E-state index in [1.165, 1.54) is 12.1 Å². The number of nitrogens with zero attached hydrogens (tertiary/aromatic N) is 2. The molecule has 0 saturated carbocycles. The molecule has 1 atom stereocenters. The number of hydrogen-bond acceptors (Lipinski definition) is 4. The minimum Gasteiger partial charge on any atom is -0.494 e. The minimum absolute atomic E-state index is 0.139. The summed E-state index contributed by atoms with van der Waals surface area (Å²) in [5, 5.41) is 14.4. The largest absolute Gasteiger partial charge is 0.494 e. The molecular weight excluding hydrogens is 409 g/mol. The van der Waals surface area contributed by atoms with Crippen molar-refractivity contribution in [2.24, 2.45) is 5.10 Å². The van der Waals surface area contributed by atoms with Gasteiger partial charge < -0.3 is 14.4 Å². The second-order valence-electron chi connectivity index (χ2n) is 7.49. The normalized spacial score (nSPS) is 12.2. The molecule has 0 aliphatic heterocycles. The second-order valence-corrected chi connectivity index (χ2v) is 7.49. The Balaban J connectivity index is 1.54. The lowest BCUT2D eigenvalue weighted by Crippen LogP contribution is -2.18. The van der Waals surface area contributed by atoms with Gasteiger partial charge in [-0.2, -0.15) is 5.10 Å². The zero-order chi connectivity index (χ0) is 23.1. The van der Waals surface area contributed by atoms with Crippen LogP contribution in [0.3, 0.4) is 0 Å². The van der Waals surface area contributed by atoms with Crippen LogP contribution in [0.5, 0.6) is 5.75 Å². The van der Waals surface area contributed by atoms with Gasteiger partial charge in [-0.15, -0.1) is 0 Å². The molecule has 2 N–H and O–H groups in total.